The van der Waals surface area contributed by atoms with Crippen LogP contribution in [0.3, 0.4) is 0 Å². The van der Waals surface area contributed by atoms with Gasteiger partial charge in [0.15, 0.2) is 5.65 Å². The third-order valence-corrected chi connectivity index (χ3v) is 3.78. The largest absolute Gasteiger partial charge is 0.496 e. The maximum Gasteiger partial charge on any atom is 0.153 e. The average Bonchev–Trinajstić information content (AvgIpc) is 2.90. The molecule has 3 aromatic rings. The van der Waals surface area contributed by atoms with Gasteiger partial charge in [-0.2, -0.15) is 5.10 Å². The Labute approximate surface area is 118 Å². The molecule has 20 heavy (non-hydrogen) atoms. The lowest BCUT2D eigenvalue weighted by Crippen LogP contribution is -2.00. The summed E-state index contributed by atoms with van der Waals surface area (Å²) in [6.07, 6.45) is 3.62. The van der Waals surface area contributed by atoms with Crippen molar-refractivity contribution in [3.05, 3.63) is 47.3 Å². The monoisotopic (exact) mass is 267 g/mol. The molecule has 0 fully saturated rings. The molecule has 0 saturated heterocycles. The van der Waals surface area contributed by atoms with Crippen LogP contribution in [-0.4, -0.2) is 21.7 Å². The van der Waals surface area contributed by atoms with Crippen molar-refractivity contribution < 1.29 is 4.74 Å². The first-order valence-electron chi connectivity index (χ1n) is 6.57. The van der Waals surface area contributed by atoms with Gasteiger partial charge < -0.3 is 4.74 Å². The topological polar surface area (TPSA) is 39.4 Å². The number of imidazole rings is 1. The van der Waals surface area contributed by atoms with Crippen LogP contribution < -0.4 is 4.74 Å². The van der Waals surface area contributed by atoms with Gasteiger partial charge in [-0.3, -0.25) is 0 Å². The number of hydrogen-bond acceptors (Lipinski definition) is 3. The zero-order valence-electron chi connectivity index (χ0n) is 12.1. The van der Waals surface area contributed by atoms with E-state index in [2.05, 4.69) is 36.9 Å². The van der Waals surface area contributed by atoms with Gasteiger partial charge in [0.25, 0.3) is 0 Å². The molecule has 0 spiro atoms. The Balaban J connectivity index is 2.25. The van der Waals surface area contributed by atoms with Crippen molar-refractivity contribution in [2.45, 2.75) is 20.8 Å². The lowest BCUT2D eigenvalue weighted by atomic mass is 9.95. The van der Waals surface area contributed by atoms with Crippen LogP contribution in [0, 0.1) is 20.8 Å². The van der Waals surface area contributed by atoms with Gasteiger partial charge in [0, 0.05) is 18.0 Å². The number of nitrogens with zero attached hydrogens (tertiary/aromatic N) is 3. The fourth-order valence-electron chi connectivity index (χ4n) is 2.60. The number of benzene rings is 1. The van der Waals surface area contributed by atoms with E-state index in [0.29, 0.717) is 0 Å². The number of hydrogen-bond donors (Lipinski definition) is 0. The Morgan fingerprint density at radius 2 is 1.90 bits per heavy atom. The summed E-state index contributed by atoms with van der Waals surface area (Å²) in [7, 11) is 1.71. The molecule has 2 aromatic heterocycles. The predicted octanol–water partition coefficient (Wildman–Crippen LogP) is 3.33. The van der Waals surface area contributed by atoms with Gasteiger partial charge >= 0.3 is 0 Å². The molecule has 0 atom stereocenters. The Morgan fingerprint density at radius 3 is 2.65 bits per heavy atom. The maximum atomic E-state index is 5.42. The second-order valence-corrected chi connectivity index (χ2v) is 4.97. The van der Waals surface area contributed by atoms with Gasteiger partial charge in [0.2, 0.25) is 0 Å². The van der Waals surface area contributed by atoms with Gasteiger partial charge in [0.05, 0.1) is 12.8 Å². The molecule has 0 aliphatic heterocycles. The summed E-state index contributed by atoms with van der Waals surface area (Å²) in [5.74, 6) is 0.924. The lowest BCUT2D eigenvalue weighted by Gasteiger charge is -2.15. The minimum atomic E-state index is 0.856. The molecule has 0 aliphatic carbocycles. The second-order valence-electron chi connectivity index (χ2n) is 4.97. The van der Waals surface area contributed by atoms with Crippen molar-refractivity contribution in [1.82, 2.24) is 14.6 Å². The van der Waals surface area contributed by atoms with Gasteiger partial charge in [-0.25, -0.2) is 9.50 Å². The van der Waals surface area contributed by atoms with Gasteiger partial charge in [-0.1, -0.05) is 0 Å². The number of methoxy groups -OCH3 is 1. The van der Waals surface area contributed by atoms with Crippen LogP contribution in [-0.2, 0) is 0 Å². The molecular weight excluding hydrogens is 250 g/mol. The summed E-state index contributed by atoms with van der Waals surface area (Å²) in [6.45, 7) is 6.27. The lowest BCUT2D eigenvalue weighted by molar-refractivity contribution is 0.411. The molecule has 2 heterocycles. The van der Waals surface area contributed by atoms with Crippen LogP contribution in [0.2, 0.25) is 0 Å². The molecule has 102 valence electrons. The first kappa shape index (κ1) is 12.7. The zero-order chi connectivity index (χ0) is 14.3. The van der Waals surface area contributed by atoms with Gasteiger partial charge in [0.1, 0.15) is 5.75 Å². The minimum Gasteiger partial charge on any atom is -0.496 e. The molecule has 1 aromatic carbocycles. The first-order chi connectivity index (χ1) is 9.61. The van der Waals surface area contributed by atoms with Crippen LogP contribution in [0.15, 0.2) is 30.6 Å². The van der Waals surface area contributed by atoms with Crippen LogP contribution in [0.25, 0.3) is 16.9 Å². The summed E-state index contributed by atoms with van der Waals surface area (Å²) in [4.78, 5) is 4.22. The van der Waals surface area contributed by atoms with Crippen LogP contribution in [0.5, 0.6) is 5.75 Å². The Hall–Kier alpha value is -2.36. The molecule has 0 saturated carbocycles. The smallest absolute Gasteiger partial charge is 0.153 e. The third kappa shape index (κ3) is 1.84. The van der Waals surface area contributed by atoms with Crippen LogP contribution in [0.1, 0.15) is 16.7 Å². The summed E-state index contributed by atoms with van der Waals surface area (Å²) in [6, 6.07) is 6.07. The molecule has 0 radical (unpaired) electrons. The highest BCUT2D eigenvalue weighted by Crippen LogP contribution is 2.33. The summed E-state index contributed by atoms with van der Waals surface area (Å²) in [5, 5.41) is 4.64. The molecule has 0 aliphatic rings. The summed E-state index contributed by atoms with van der Waals surface area (Å²) in [5.41, 5.74) is 6.50. The molecule has 0 amide bonds. The molecule has 4 heteroatoms. The highest BCUT2D eigenvalue weighted by molar-refractivity contribution is 5.71. The molecule has 0 N–H and O–H groups in total. The van der Waals surface area contributed by atoms with Crippen molar-refractivity contribution >= 4 is 5.65 Å². The van der Waals surface area contributed by atoms with E-state index in [0.717, 1.165) is 28.2 Å². The Bertz CT molecular complexity index is 790. The van der Waals surface area contributed by atoms with E-state index in [-0.39, 0.29) is 0 Å². The van der Waals surface area contributed by atoms with E-state index < -0.39 is 0 Å². The van der Waals surface area contributed by atoms with Gasteiger partial charge in [-0.15, -0.1) is 0 Å². The van der Waals surface area contributed by atoms with Crippen LogP contribution >= 0.6 is 0 Å². The van der Waals surface area contributed by atoms with E-state index in [1.54, 1.807) is 17.8 Å². The SMILES string of the molecule is COc1cc(C)c(-c2ccc3nccn3n2)c(C)c1C. The van der Waals surface area contributed by atoms with E-state index in [4.69, 9.17) is 4.74 Å². The fourth-order valence-corrected chi connectivity index (χ4v) is 2.60. The first-order valence-corrected chi connectivity index (χ1v) is 6.57. The van der Waals surface area contributed by atoms with Crippen molar-refractivity contribution in [2.75, 3.05) is 7.11 Å². The highest BCUT2D eigenvalue weighted by atomic mass is 16.5. The Kier molecular flexibility index (Phi) is 2.93. The third-order valence-electron chi connectivity index (χ3n) is 3.78. The van der Waals surface area contributed by atoms with Crippen molar-refractivity contribution in [2.24, 2.45) is 0 Å². The number of aromatic nitrogens is 3. The standard InChI is InChI=1S/C16H17N3O/c1-10-9-14(20-4)11(2)12(3)16(10)13-5-6-15-17-7-8-19(15)18-13/h5-9H,1-4H3. The molecule has 0 bridgehead atoms. The van der Waals surface area contributed by atoms with Crippen LogP contribution in [0.4, 0.5) is 0 Å². The average molecular weight is 267 g/mol. The zero-order valence-corrected chi connectivity index (χ0v) is 12.1. The molecule has 3 rings (SSSR count). The predicted molar refractivity (Wildman–Crippen MR) is 79.2 cm³/mol. The van der Waals surface area contributed by atoms with E-state index >= 15 is 0 Å². The molecular formula is C16H17N3O. The van der Waals surface area contributed by atoms with E-state index in [9.17, 15) is 0 Å². The minimum absolute atomic E-state index is 0.856. The molecule has 0 unspecified atom stereocenters. The van der Waals surface area contributed by atoms with Crippen molar-refractivity contribution in [3.63, 3.8) is 0 Å². The quantitative estimate of drug-likeness (QED) is 0.715. The summed E-state index contributed by atoms with van der Waals surface area (Å²) < 4.78 is 7.22. The van der Waals surface area contributed by atoms with Crippen molar-refractivity contribution in [3.8, 4) is 17.0 Å². The van der Waals surface area contributed by atoms with Gasteiger partial charge in [-0.05, 0) is 55.7 Å². The Morgan fingerprint density at radius 1 is 1.10 bits per heavy atom. The van der Waals surface area contributed by atoms with Crippen molar-refractivity contribution in [1.29, 1.82) is 0 Å². The van der Waals surface area contributed by atoms with E-state index in [1.165, 1.54) is 11.1 Å². The second kappa shape index (κ2) is 4.63. The number of ether oxygens (including phenoxy) is 1. The molecule has 4 nitrogen and oxygen atoms in total. The highest BCUT2D eigenvalue weighted by Gasteiger charge is 2.14. The number of fused-ring (bicyclic) bond motifs is 1. The number of aryl methyl sites for hydroxylation is 1. The number of rotatable bonds is 2. The fraction of sp³-hybridized carbons (Fsp3) is 0.250. The maximum absolute atomic E-state index is 5.42. The normalized spacial score (nSPS) is 11.0. The van der Waals surface area contributed by atoms with E-state index in [1.807, 2.05) is 18.3 Å². The summed E-state index contributed by atoms with van der Waals surface area (Å²) >= 11 is 0.